The van der Waals surface area contributed by atoms with Gasteiger partial charge in [-0.15, -0.1) is 13.2 Å². The Bertz CT molecular complexity index is 698. The predicted octanol–water partition coefficient (Wildman–Crippen LogP) is 4.19. The van der Waals surface area contributed by atoms with Crippen molar-refractivity contribution in [2.45, 2.75) is 26.3 Å². The molecular weight excluding hydrogens is 333 g/mol. The van der Waals surface area contributed by atoms with E-state index >= 15 is 0 Å². The van der Waals surface area contributed by atoms with Crippen molar-refractivity contribution in [3.05, 3.63) is 53.6 Å². The van der Waals surface area contributed by atoms with Gasteiger partial charge in [-0.3, -0.25) is 0 Å². The summed E-state index contributed by atoms with van der Waals surface area (Å²) in [6.07, 6.45) is -4.73. The summed E-state index contributed by atoms with van der Waals surface area (Å²) in [5.41, 5.74) is 8.10. The smallest absolute Gasteiger partial charge is 0.508 e. The Morgan fingerprint density at radius 3 is 2.16 bits per heavy atom. The molecule has 136 valence electrons. The van der Waals surface area contributed by atoms with Gasteiger partial charge in [0.1, 0.15) is 11.5 Å². The Labute approximate surface area is 144 Å². The molecular formula is C18H21F3N2O2. The van der Waals surface area contributed by atoms with Crippen molar-refractivity contribution < 1.29 is 23.0 Å². The summed E-state index contributed by atoms with van der Waals surface area (Å²) < 4.78 is 40.4. The van der Waals surface area contributed by atoms with Gasteiger partial charge >= 0.3 is 6.36 Å². The predicted molar refractivity (Wildman–Crippen MR) is 90.8 cm³/mol. The Morgan fingerprint density at radius 1 is 1.08 bits per heavy atom. The van der Waals surface area contributed by atoms with Gasteiger partial charge in [-0.2, -0.15) is 0 Å². The van der Waals surface area contributed by atoms with E-state index in [9.17, 15) is 18.3 Å². The summed E-state index contributed by atoms with van der Waals surface area (Å²) in [5.74, 6) is -0.267. The Kier molecular flexibility index (Phi) is 5.79. The van der Waals surface area contributed by atoms with Gasteiger partial charge < -0.3 is 20.5 Å². The fourth-order valence-electron chi connectivity index (χ4n) is 2.64. The van der Waals surface area contributed by atoms with Crippen LogP contribution >= 0.6 is 0 Å². The van der Waals surface area contributed by atoms with Crippen LogP contribution in [0.4, 0.5) is 18.9 Å². The van der Waals surface area contributed by atoms with E-state index in [0.29, 0.717) is 11.1 Å². The van der Waals surface area contributed by atoms with E-state index in [0.717, 1.165) is 18.8 Å². The number of phenolic OH excluding ortho intramolecular Hbond substituents is 1. The van der Waals surface area contributed by atoms with Gasteiger partial charge in [0.2, 0.25) is 0 Å². The van der Waals surface area contributed by atoms with E-state index in [2.05, 4.69) is 9.64 Å². The zero-order valence-electron chi connectivity index (χ0n) is 14.0. The number of hydrogen-bond donors (Lipinski definition) is 2. The second-order valence-corrected chi connectivity index (χ2v) is 5.51. The molecule has 0 saturated heterocycles. The molecule has 1 atom stereocenters. The molecule has 0 fully saturated rings. The molecule has 0 saturated carbocycles. The minimum absolute atomic E-state index is 0.0486. The molecule has 2 rings (SSSR count). The van der Waals surface area contributed by atoms with E-state index in [1.807, 2.05) is 19.9 Å². The van der Waals surface area contributed by atoms with E-state index in [-0.39, 0.29) is 11.5 Å². The van der Waals surface area contributed by atoms with Crippen LogP contribution in [-0.2, 0) is 0 Å². The second-order valence-electron chi connectivity index (χ2n) is 5.51. The number of nitrogens with two attached hydrogens (primary N) is 1. The monoisotopic (exact) mass is 354 g/mol. The first-order valence-electron chi connectivity index (χ1n) is 7.94. The summed E-state index contributed by atoms with van der Waals surface area (Å²) in [6, 6.07) is 9.87. The molecule has 25 heavy (non-hydrogen) atoms. The second kappa shape index (κ2) is 7.65. The largest absolute Gasteiger partial charge is 0.573 e. The molecule has 0 radical (unpaired) electrons. The van der Waals surface area contributed by atoms with Crippen LogP contribution in [0.1, 0.15) is 31.0 Å². The number of nitrogens with zero attached hydrogens (tertiary/aromatic N) is 1. The quantitative estimate of drug-likeness (QED) is 0.817. The number of aromatic hydroxyl groups is 1. The lowest BCUT2D eigenvalue weighted by molar-refractivity contribution is -0.274. The lowest BCUT2D eigenvalue weighted by Gasteiger charge is -2.23. The molecule has 4 nitrogen and oxygen atoms in total. The average molecular weight is 354 g/mol. The number of ether oxygens (including phenoxy) is 1. The first kappa shape index (κ1) is 18.9. The Balaban J connectivity index is 2.21. The highest BCUT2D eigenvalue weighted by atomic mass is 19.4. The van der Waals surface area contributed by atoms with Crippen molar-refractivity contribution in [2.24, 2.45) is 5.73 Å². The molecule has 0 bridgehead atoms. The van der Waals surface area contributed by atoms with Crippen molar-refractivity contribution in [2.75, 3.05) is 18.0 Å². The van der Waals surface area contributed by atoms with Crippen molar-refractivity contribution in [3.8, 4) is 11.5 Å². The van der Waals surface area contributed by atoms with Gasteiger partial charge in [0.05, 0.1) is 6.04 Å². The number of halogens is 3. The van der Waals surface area contributed by atoms with Crippen molar-refractivity contribution in [1.82, 2.24) is 0 Å². The van der Waals surface area contributed by atoms with Crippen molar-refractivity contribution in [3.63, 3.8) is 0 Å². The van der Waals surface area contributed by atoms with Crippen LogP contribution in [0.15, 0.2) is 42.5 Å². The molecule has 0 aromatic heterocycles. The number of alkyl halides is 3. The van der Waals surface area contributed by atoms with Crippen LogP contribution in [0.25, 0.3) is 0 Å². The van der Waals surface area contributed by atoms with E-state index < -0.39 is 12.4 Å². The van der Waals surface area contributed by atoms with Gasteiger partial charge in [0.25, 0.3) is 0 Å². The molecule has 0 aliphatic carbocycles. The fraction of sp³-hybridized carbons (Fsp3) is 0.333. The normalized spacial score (nSPS) is 12.7. The van der Waals surface area contributed by atoms with Gasteiger partial charge in [-0.05, 0) is 37.6 Å². The number of anilines is 1. The summed E-state index contributed by atoms with van der Waals surface area (Å²) in [5, 5.41) is 10.3. The van der Waals surface area contributed by atoms with E-state index in [1.54, 1.807) is 12.1 Å². The molecule has 0 aliphatic heterocycles. The highest BCUT2D eigenvalue weighted by Crippen LogP contribution is 2.32. The van der Waals surface area contributed by atoms with Gasteiger partial charge in [-0.1, -0.05) is 18.2 Å². The van der Waals surface area contributed by atoms with Crippen molar-refractivity contribution >= 4 is 5.69 Å². The SMILES string of the molecule is CCN(CC)c1ccc([C@@H](N)c2ccc(OC(F)(F)F)cc2)c(O)c1. The molecule has 0 amide bonds. The van der Waals surface area contributed by atoms with Crippen molar-refractivity contribution in [1.29, 1.82) is 0 Å². The third kappa shape index (κ3) is 4.79. The fourth-order valence-corrected chi connectivity index (χ4v) is 2.64. The van der Waals surface area contributed by atoms with Crippen LogP contribution < -0.4 is 15.4 Å². The highest BCUT2D eigenvalue weighted by molar-refractivity contribution is 5.55. The number of hydrogen-bond acceptors (Lipinski definition) is 4. The molecule has 0 heterocycles. The Morgan fingerprint density at radius 2 is 1.68 bits per heavy atom. The average Bonchev–Trinajstić information content (AvgIpc) is 2.55. The maximum atomic E-state index is 12.2. The van der Waals surface area contributed by atoms with Crippen LogP contribution in [0.3, 0.4) is 0 Å². The van der Waals surface area contributed by atoms with Crippen LogP contribution in [-0.4, -0.2) is 24.6 Å². The third-order valence-electron chi connectivity index (χ3n) is 3.95. The standard InChI is InChI=1S/C18H21F3N2O2/c1-3-23(4-2)13-7-10-15(16(24)11-13)17(22)12-5-8-14(9-6-12)25-18(19,20)21/h5-11,17,24H,3-4,22H2,1-2H3/t17-/m0/s1. The Hall–Kier alpha value is -2.41. The number of phenols is 1. The van der Waals surface area contributed by atoms with E-state index in [4.69, 9.17) is 5.73 Å². The molecule has 7 heteroatoms. The zero-order chi connectivity index (χ0) is 18.6. The minimum atomic E-state index is -4.73. The van der Waals surface area contributed by atoms with Crippen LogP contribution in [0.5, 0.6) is 11.5 Å². The summed E-state index contributed by atoms with van der Waals surface area (Å²) in [6.45, 7) is 5.65. The van der Waals surface area contributed by atoms with Gasteiger partial charge in [-0.25, -0.2) is 0 Å². The van der Waals surface area contributed by atoms with Crippen LogP contribution in [0.2, 0.25) is 0 Å². The molecule has 2 aromatic carbocycles. The number of benzene rings is 2. The summed E-state index contributed by atoms with van der Waals surface area (Å²) in [4.78, 5) is 2.08. The van der Waals surface area contributed by atoms with Gasteiger partial charge in [0, 0.05) is 30.4 Å². The molecule has 0 aliphatic rings. The number of rotatable bonds is 6. The third-order valence-corrected chi connectivity index (χ3v) is 3.95. The summed E-state index contributed by atoms with van der Waals surface area (Å²) in [7, 11) is 0. The van der Waals surface area contributed by atoms with Gasteiger partial charge in [0.15, 0.2) is 0 Å². The summed E-state index contributed by atoms with van der Waals surface area (Å²) >= 11 is 0. The maximum absolute atomic E-state index is 12.2. The molecule has 0 spiro atoms. The minimum Gasteiger partial charge on any atom is -0.508 e. The van der Waals surface area contributed by atoms with E-state index in [1.165, 1.54) is 24.3 Å². The first-order chi connectivity index (χ1) is 11.7. The topological polar surface area (TPSA) is 58.7 Å². The maximum Gasteiger partial charge on any atom is 0.573 e. The lowest BCUT2D eigenvalue weighted by atomic mass is 9.98. The zero-order valence-corrected chi connectivity index (χ0v) is 14.0. The molecule has 3 N–H and O–H groups in total. The lowest BCUT2D eigenvalue weighted by Crippen LogP contribution is -2.22. The first-order valence-corrected chi connectivity index (χ1v) is 7.94. The van der Waals surface area contributed by atoms with Crippen LogP contribution in [0, 0.1) is 0 Å². The molecule has 2 aromatic rings. The molecule has 0 unspecified atom stereocenters. The highest BCUT2D eigenvalue weighted by Gasteiger charge is 2.31.